The maximum atomic E-state index is 11.6. The second-order valence-corrected chi connectivity index (χ2v) is 3.66. The van der Waals surface area contributed by atoms with E-state index in [0.29, 0.717) is 18.0 Å². The van der Waals surface area contributed by atoms with E-state index in [2.05, 4.69) is 10.5 Å². The smallest absolute Gasteiger partial charge is 0.242 e. The van der Waals surface area contributed by atoms with Crippen LogP contribution < -0.4 is 11.1 Å². The number of aryl methyl sites for hydroxylation is 1. The average molecular weight is 240 g/mol. The predicted octanol–water partition coefficient (Wildman–Crippen LogP) is -0.984. The van der Waals surface area contributed by atoms with Crippen LogP contribution >= 0.6 is 0 Å². The van der Waals surface area contributed by atoms with Gasteiger partial charge in [0.15, 0.2) is 0 Å². The van der Waals surface area contributed by atoms with Crippen molar-refractivity contribution in [1.29, 1.82) is 0 Å². The zero-order valence-corrected chi connectivity index (χ0v) is 9.90. The highest BCUT2D eigenvalue weighted by Gasteiger charge is 2.12. The number of likely N-dealkylation sites (N-methyl/N-ethyl adjacent to an activating group) is 1. The Hall–Kier alpha value is -1.89. The van der Waals surface area contributed by atoms with Crippen LogP contribution in [0.5, 0.6) is 0 Å². The first kappa shape index (κ1) is 13.2. The lowest BCUT2D eigenvalue weighted by Crippen LogP contribution is -2.40. The summed E-state index contributed by atoms with van der Waals surface area (Å²) in [5.74, 6) is 0.119. The van der Waals surface area contributed by atoms with Gasteiger partial charge < -0.3 is 20.5 Å². The van der Waals surface area contributed by atoms with Crippen molar-refractivity contribution < 1.29 is 14.1 Å². The first-order valence-electron chi connectivity index (χ1n) is 5.16. The van der Waals surface area contributed by atoms with Gasteiger partial charge in [0, 0.05) is 13.1 Å². The lowest BCUT2D eigenvalue weighted by atomic mass is 10.3. The number of hydrogen-bond acceptors (Lipinski definition) is 5. The molecule has 94 valence electrons. The molecule has 7 heteroatoms. The molecule has 7 nitrogen and oxygen atoms in total. The Labute approximate surface area is 98.9 Å². The van der Waals surface area contributed by atoms with Crippen molar-refractivity contribution in [1.82, 2.24) is 15.4 Å². The van der Waals surface area contributed by atoms with Gasteiger partial charge in [-0.1, -0.05) is 5.16 Å². The lowest BCUT2D eigenvalue weighted by molar-refractivity contribution is -0.132. The molecule has 0 saturated carbocycles. The Morgan fingerprint density at radius 2 is 2.29 bits per heavy atom. The molecule has 17 heavy (non-hydrogen) atoms. The number of nitrogens with two attached hydrogens (primary N) is 1. The third kappa shape index (κ3) is 4.23. The largest absolute Gasteiger partial charge is 0.361 e. The van der Waals surface area contributed by atoms with Crippen LogP contribution in [0, 0.1) is 6.92 Å². The summed E-state index contributed by atoms with van der Waals surface area (Å²) in [4.78, 5) is 23.9. The number of carbonyl (C=O) groups is 2. The molecule has 0 spiro atoms. The molecular formula is C10H16N4O3. The third-order valence-electron chi connectivity index (χ3n) is 2.12. The van der Waals surface area contributed by atoms with E-state index in [1.165, 1.54) is 4.90 Å². The molecule has 3 N–H and O–H groups in total. The molecular weight excluding hydrogens is 224 g/mol. The topological polar surface area (TPSA) is 101 Å². The molecule has 0 atom stereocenters. The molecule has 0 aliphatic carbocycles. The minimum atomic E-state index is -0.357. The summed E-state index contributed by atoms with van der Waals surface area (Å²) in [5.41, 5.74) is 5.77. The Kier molecular flexibility index (Phi) is 4.65. The Bertz CT molecular complexity index is 402. The minimum Gasteiger partial charge on any atom is -0.361 e. The highest BCUT2D eigenvalue weighted by atomic mass is 16.5. The van der Waals surface area contributed by atoms with Crippen LogP contribution in [-0.2, 0) is 16.1 Å². The molecule has 1 aromatic heterocycles. The fraction of sp³-hybridized carbons (Fsp3) is 0.500. The van der Waals surface area contributed by atoms with E-state index in [9.17, 15) is 9.59 Å². The van der Waals surface area contributed by atoms with E-state index in [-0.39, 0.29) is 24.9 Å². The van der Waals surface area contributed by atoms with E-state index in [1.807, 2.05) is 0 Å². The van der Waals surface area contributed by atoms with Gasteiger partial charge in [0.25, 0.3) is 0 Å². The Balaban J connectivity index is 2.39. The molecule has 1 rings (SSSR count). The predicted molar refractivity (Wildman–Crippen MR) is 59.8 cm³/mol. The average Bonchev–Trinajstić information content (AvgIpc) is 2.70. The van der Waals surface area contributed by atoms with Crippen molar-refractivity contribution >= 4 is 11.8 Å². The second-order valence-electron chi connectivity index (χ2n) is 3.66. The first-order chi connectivity index (χ1) is 8.02. The van der Waals surface area contributed by atoms with E-state index < -0.39 is 0 Å². The van der Waals surface area contributed by atoms with Crippen LogP contribution in [0.3, 0.4) is 0 Å². The number of nitrogens with zero attached hydrogens (tertiary/aromatic N) is 2. The number of hydrogen-bond donors (Lipinski definition) is 2. The number of carbonyl (C=O) groups excluding carboxylic acids is 2. The van der Waals surface area contributed by atoms with Crippen LogP contribution in [0.1, 0.15) is 11.5 Å². The summed E-state index contributed by atoms with van der Waals surface area (Å²) in [6.45, 7) is 1.93. The van der Waals surface area contributed by atoms with Gasteiger partial charge in [0.2, 0.25) is 11.8 Å². The van der Waals surface area contributed by atoms with E-state index >= 15 is 0 Å². The standard InChI is InChI=1S/C10H16N4O3/c1-7-3-8(13-17-7)6-14(2)10(16)5-12-9(15)4-11/h3H,4-6,11H2,1-2H3,(H,12,15). The fourth-order valence-electron chi connectivity index (χ4n) is 1.20. The zero-order chi connectivity index (χ0) is 12.8. The van der Waals surface area contributed by atoms with Crippen LogP contribution in [0.25, 0.3) is 0 Å². The van der Waals surface area contributed by atoms with Crippen molar-refractivity contribution in [3.05, 3.63) is 17.5 Å². The van der Waals surface area contributed by atoms with E-state index in [0.717, 1.165) is 0 Å². The Morgan fingerprint density at radius 3 is 2.82 bits per heavy atom. The van der Waals surface area contributed by atoms with Gasteiger partial charge in [0.05, 0.1) is 19.6 Å². The highest BCUT2D eigenvalue weighted by Crippen LogP contribution is 2.04. The quantitative estimate of drug-likeness (QED) is 0.688. The number of rotatable bonds is 5. The lowest BCUT2D eigenvalue weighted by Gasteiger charge is -2.15. The molecule has 0 unspecified atom stereocenters. The number of amides is 2. The third-order valence-corrected chi connectivity index (χ3v) is 2.12. The summed E-state index contributed by atoms with van der Waals surface area (Å²) in [6.07, 6.45) is 0. The van der Waals surface area contributed by atoms with Gasteiger partial charge in [-0.2, -0.15) is 0 Å². The summed E-state index contributed by atoms with van der Waals surface area (Å²) >= 11 is 0. The van der Waals surface area contributed by atoms with Crippen molar-refractivity contribution in [2.45, 2.75) is 13.5 Å². The van der Waals surface area contributed by atoms with Gasteiger partial charge in [-0.3, -0.25) is 9.59 Å². The first-order valence-corrected chi connectivity index (χ1v) is 5.16. The fourth-order valence-corrected chi connectivity index (χ4v) is 1.20. The molecule has 0 bridgehead atoms. The van der Waals surface area contributed by atoms with Crippen LogP contribution in [0.4, 0.5) is 0 Å². The zero-order valence-electron chi connectivity index (χ0n) is 9.90. The molecule has 0 aliphatic heterocycles. The maximum absolute atomic E-state index is 11.6. The van der Waals surface area contributed by atoms with Crippen molar-refractivity contribution in [2.75, 3.05) is 20.1 Å². The molecule has 0 radical (unpaired) electrons. The molecule has 0 aromatic carbocycles. The summed E-state index contributed by atoms with van der Waals surface area (Å²) in [7, 11) is 1.63. The molecule has 1 heterocycles. The van der Waals surface area contributed by atoms with Crippen molar-refractivity contribution in [3.8, 4) is 0 Å². The normalized spacial score (nSPS) is 10.1. The molecule has 2 amide bonds. The van der Waals surface area contributed by atoms with Gasteiger partial charge >= 0.3 is 0 Å². The van der Waals surface area contributed by atoms with Crippen molar-refractivity contribution in [2.24, 2.45) is 5.73 Å². The van der Waals surface area contributed by atoms with Crippen molar-refractivity contribution in [3.63, 3.8) is 0 Å². The van der Waals surface area contributed by atoms with E-state index in [4.69, 9.17) is 10.3 Å². The van der Waals surface area contributed by atoms with Crippen LogP contribution in [0.15, 0.2) is 10.6 Å². The summed E-state index contributed by atoms with van der Waals surface area (Å²) in [5, 5.41) is 6.18. The van der Waals surface area contributed by atoms with Crippen LogP contribution in [0.2, 0.25) is 0 Å². The molecule has 1 aromatic rings. The van der Waals surface area contributed by atoms with Gasteiger partial charge in [-0.25, -0.2) is 0 Å². The molecule has 0 saturated heterocycles. The second kappa shape index (κ2) is 6.00. The number of nitrogens with one attached hydrogen (secondary N) is 1. The summed E-state index contributed by atoms with van der Waals surface area (Å²) in [6, 6.07) is 1.75. The summed E-state index contributed by atoms with van der Waals surface area (Å²) < 4.78 is 4.89. The van der Waals surface area contributed by atoms with Gasteiger partial charge in [0.1, 0.15) is 11.5 Å². The highest BCUT2D eigenvalue weighted by molar-refractivity contribution is 5.85. The number of aromatic nitrogens is 1. The molecule has 0 aliphatic rings. The maximum Gasteiger partial charge on any atom is 0.242 e. The SMILES string of the molecule is Cc1cc(CN(C)C(=O)CNC(=O)CN)no1. The van der Waals surface area contributed by atoms with Gasteiger partial charge in [-0.05, 0) is 6.92 Å². The minimum absolute atomic E-state index is 0.0661. The van der Waals surface area contributed by atoms with E-state index in [1.54, 1.807) is 20.0 Å². The Morgan fingerprint density at radius 1 is 1.59 bits per heavy atom. The molecule has 0 fully saturated rings. The van der Waals surface area contributed by atoms with Crippen LogP contribution in [-0.4, -0.2) is 42.0 Å². The van der Waals surface area contributed by atoms with Gasteiger partial charge in [-0.15, -0.1) is 0 Å². The monoisotopic (exact) mass is 240 g/mol.